The van der Waals surface area contributed by atoms with E-state index in [1.165, 1.54) is 11.6 Å². The summed E-state index contributed by atoms with van der Waals surface area (Å²) in [5.74, 6) is 0.256. The number of nitrogens with zero attached hydrogens (tertiary/aromatic N) is 1. The normalized spacial score (nSPS) is 17.6. The Balaban J connectivity index is 2.02. The van der Waals surface area contributed by atoms with Crippen molar-refractivity contribution in [1.82, 2.24) is 4.98 Å². The second-order valence-electron chi connectivity index (χ2n) is 5.28. The van der Waals surface area contributed by atoms with Gasteiger partial charge in [-0.2, -0.15) is 0 Å². The minimum atomic E-state index is -0.255. The van der Waals surface area contributed by atoms with E-state index in [2.05, 4.69) is 18.0 Å². The van der Waals surface area contributed by atoms with Gasteiger partial charge in [-0.3, -0.25) is 9.59 Å². The highest BCUT2D eigenvalue weighted by molar-refractivity contribution is 6.05. The molecule has 0 bridgehead atoms. The summed E-state index contributed by atoms with van der Waals surface area (Å²) in [6.07, 6.45) is 0.977. The molecular weight excluding hydrogens is 252 g/mol. The van der Waals surface area contributed by atoms with Crippen molar-refractivity contribution in [2.45, 2.75) is 13.3 Å². The molecule has 0 saturated carbocycles. The van der Waals surface area contributed by atoms with Crippen LogP contribution >= 0.6 is 0 Å². The Bertz CT molecular complexity index is 705. The second-order valence-corrected chi connectivity index (χ2v) is 5.28. The fourth-order valence-corrected chi connectivity index (χ4v) is 2.71. The van der Waals surface area contributed by atoms with Gasteiger partial charge in [-0.25, -0.2) is 0 Å². The number of hydrogen-bond acceptors (Lipinski definition) is 2. The number of nitrogens with one attached hydrogen (secondary N) is 1. The molecule has 1 aromatic carbocycles. The molecule has 2 heterocycles. The number of hydrogen-bond donors (Lipinski definition) is 1. The number of pyridine rings is 1. The molecule has 1 aliphatic rings. The summed E-state index contributed by atoms with van der Waals surface area (Å²) < 4.78 is 0. The number of amides is 1. The smallest absolute Gasteiger partial charge is 0.274 e. The zero-order chi connectivity index (χ0) is 14.1. The number of H-pyrrole nitrogens is 1. The van der Waals surface area contributed by atoms with Crippen LogP contribution in [0.5, 0.6) is 0 Å². The number of carbonyl (C=O) groups is 1. The zero-order valence-corrected chi connectivity index (χ0v) is 11.3. The van der Waals surface area contributed by atoms with E-state index < -0.39 is 0 Å². The lowest BCUT2D eigenvalue weighted by Crippen LogP contribution is -2.40. The van der Waals surface area contributed by atoms with Crippen molar-refractivity contribution in [3.05, 3.63) is 64.1 Å². The van der Waals surface area contributed by atoms with E-state index in [4.69, 9.17) is 0 Å². The van der Waals surface area contributed by atoms with Gasteiger partial charge in [-0.05, 0) is 30.0 Å². The SMILES string of the molecule is CC1Cc2ccccc2N(C(=O)c2cccc(=O)[nH]2)C1. The summed E-state index contributed by atoms with van der Waals surface area (Å²) in [6, 6.07) is 12.6. The zero-order valence-electron chi connectivity index (χ0n) is 11.3. The lowest BCUT2D eigenvalue weighted by Gasteiger charge is -2.33. The molecule has 0 fully saturated rings. The standard InChI is InChI=1S/C16H16N2O2/c1-11-9-12-5-2-3-7-14(12)18(10-11)16(20)13-6-4-8-15(19)17-13/h2-8,11H,9-10H2,1H3,(H,17,19). The van der Waals surface area contributed by atoms with E-state index in [0.717, 1.165) is 12.1 Å². The van der Waals surface area contributed by atoms with Crippen LogP contribution in [0.15, 0.2) is 47.3 Å². The molecule has 0 spiro atoms. The van der Waals surface area contributed by atoms with E-state index in [9.17, 15) is 9.59 Å². The van der Waals surface area contributed by atoms with Gasteiger partial charge in [0.25, 0.3) is 5.91 Å². The summed E-state index contributed by atoms with van der Waals surface area (Å²) >= 11 is 0. The summed E-state index contributed by atoms with van der Waals surface area (Å²) in [5.41, 5.74) is 2.20. The van der Waals surface area contributed by atoms with Crippen LogP contribution in [0.25, 0.3) is 0 Å². The van der Waals surface area contributed by atoms with Crippen molar-refractivity contribution in [3.63, 3.8) is 0 Å². The molecule has 1 aliphatic heterocycles. The van der Waals surface area contributed by atoms with Crippen LogP contribution < -0.4 is 10.5 Å². The molecule has 0 saturated heterocycles. The summed E-state index contributed by atoms with van der Waals surface area (Å²) in [7, 11) is 0. The van der Waals surface area contributed by atoms with Crippen molar-refractivity contribution in [2.24, 2.45) is 5.92 Å². The fraction of sp³-hybridized carbons (Fsp3) is 0.250. The number of carbonyl (C=O) groups excluding carboxylic acids is 1. The fourth-order valence-electron chi connectivity index (χ4n) is 2.71. The van der Waals surface area contributed by atoms with Crippen molar-refractivity contribution in [2.75, 3.05) is 11.4 Å². The van der Waals surface area contributed by atoms with Crippen LogP contribution in [0.4, 0.5) is 5.69 Å². The molecule has 20 heavy (non-hydrogen) atoms. The third-order valence-corrected chi connectivity index (χ3v) is 3.59. The highest BCUT2D eigenvalue weighted by atomic mass is 16.2. The minimum Gasteiger partial charge on any atom is -0.318 e. The average molecular weight is 268 g/mol. The maximum atomic E-state index is 12.6. The van der Waals surface area contributed by atoms with E-state index in [-0.39, 0.29) is 11.5 Å². The third-order valence-electron chi connectivity index (χ3n) is 3.59. The van der Waals surface area contributed by atoms with Gasteiger partial charge in [0.1, 0.15) is 5.69 Å². The molecule has 1 aromatic heterocycles. The first kappa shape index (κ1) is 12.7. The Kier molecular flexibility index (Phi) is 3.14. The first-order valence-corrected chi connectivity index (χ1v) is 6.74. The number of fused-ring (bicyclic) bond motifs is 1. The third kappa shape index (κ3) is 2.25. The predicted octanol–water partition coefficient (Wildman–Crippen LogP) is 2.21. The molecule has 0 radical (unpaired) electrons. The molecular formula is C16H16N2O2. The molecule has 2 aromatic rings. The summed E-state index contributed by atoms with van der Waals surface area (Å²) in [6.45, 7) is 2.80. The van der Waals surface area contributed by atoms with Crippen molar-refractivity contribution in [3.8, 4) is 0 Å². The van der Waals surface area contributed by atoms with E-state index in [0.29, 0.717) is 18.2 Å². The molecule has 4 nitrogen and oxygen atoms in total. The number of aromatic nitrogens is 1. The molecule has 102 valence electrons. The largest absolute Gasteiger partial charge is 0.318 e. The van der Waals surface area contributed by atoms with Gasteiger partial charge >= 0.3 is 0 Å². The molecule has 1 N–H and O–H groups in total. The van der Waals surface area contributed by atoms with Crippen molar-refractivity contribution in [1.29, 1.82) is 0 Å². The van der Waals surface area contributed by atoms with Crippen LogP contribution in [0.3, 0.4) is 0 Å². The first-order chi connectivity index (χ1) is 9.65. The molecule has 3 rings (SSSR count). The topological polar surface area (TPSA) is 53.2 Å². The Morgan fingerprint density at radius 1 is 1.20 bits per heavy atom. The number of aromatic amines is 1. The van der Waals surface area contributed by atoms with Crippen LogP contribution in [-0.4, -0.2) is 17.4 Å². The van der Waals surface area contributed by atoms with Gasteiger partial charge in [0, 0.05) is 18.3 Å². The lowest BCUT2D eigenvalue weighted by molar-refractivity contribution is 0.0976. The highest BCUT2D eigenvalue weighted by Crippen LogP contribution is 2.30. The molecule has 4 heteroatoms. The number of anilines is 1. The molecule has 0 aliphatic carbocycles. The van der Waals surface area contributed by atoms with E-state index >= 15 is 0 Å². The number of benzene rings is 1. The number of para-hydroxylation sites is 1. The number of rotatable bonds is 1. The van der Waals surface area contributed by atoms with E-state index in [1.54, 1.807) is 17.0 Å². The average Bonchev–Trinajstić information content (AvgIpc) is 2.45. The molecule has 1 unspecified atom stereocenters. The second kappa shape index (κ2) is 4.96. The van der Waals surface area contributed by atoms with Crippen LogP contribution in [0.1, 0.15) is 23.0 Å². The van der Waals surface area contributed by atoms with Crippen LogP contribution in [0.2, 0.25) is 0 Å². The van der Waals surface area contributed by atoms with Gasteiger partial charge in [0.15, 0.2) is 0 Å². The minimum absolute atomic E-state index is 0.151. The first-order valence-electron chi connectivity index (χ1n) is 6.74. The lowest BCUT2D eigenvalue weighted by atomic mass is 9.93. The quantitative estimate of drug-likeness (QED) is 0.862. The summed E-state index contributed by atoms with van der Waals surface area (Å²) in [4.78, 5) is 28.3. The monoisotopic (exact) mass is 268 g/mol. The van der Waals surface area contributed by atoms with Gasteiger partial charge in [0.2, 0.25) is 5.56 Å². The maximum Gasteiger partial charge on any atom is 0.274 e. The summed E-state index contributed by atoms with van der Waals surface area (Å²) in [5, 5.41) is 0. The molecule has 1 atom stereocenters. The Morgan fingerprint density at radius 2 is 2.00 bits per heavy atom. The predicted molar refractivity (Wildman–Crippen MR) is 78.0 cm³/mol. The van der Waals surface area contributed by atoms with Crippen molar-refractivity contribution < 1.29 is 4.79 Å². The van der Waals surface area contributed by atoms with Crippen molar-refractivity contribution >= 4 is 11.6 Å². The Hall–Kier alpha value is -2.36. The van der Waals surface area contributed by atoms with Gasteiger partial charge < -0.3 is 9.88 Å². The maximum absolute atomic E-state index is 12.6. The van der Waals surface area contributed by atoms with Gasteiger partial charge in [-0.15, -0.1) is 0 Å². The van der Waals surface area contributed by atoms with Crippen LogP contribution in [0, 0.1) is 5.92 Å². The van der Waals surface area contributed by atoms with E-state index in [1.807, 2.05) is 18.2 Å². The highest BCUT2D eigenvalue weighted by Gasteiger charge is 2.27. The van der Waals surface area contributed by atoms with Crippen LogP contribution in [-0.2, 0) is 6.42 Å². The Labute approximate surface area is 117 Å². The van der Waals surface area contributed by atoms with Gasteiger partial charge in [0.05, 0.1) is 0 Å². The van der Waals surface area contributed by atoms with Gasteiger partial charge in [-0.1, -0.05) is 31.2 Å². The molecule has 1 amide bonds. The Morgan fingerprint density at radius 3 is 2.80 bits per heavy atom.